The number of rotatable bonds is 8. The van der Waals surface area contributed by atoms with E-state index < -0.39 is 11.1 Å². The van der Waals surface area contributed by atoms with E-state index in [9.17, 15) is 24.0 Å². The quantitative estimate of drug-likeness (QED) is 0.371. The maximum atomic E-state index is 11.8. The topological polar surface area (TPSA) is 146 Å². The summed E-state index contributed by atoms with van der Waals surface area (Å²) in [4.78, 5) is 63.4. The summed E-state index contributed by atoms with van der Waals surface area (Å²) in [7, 11) is 0. The Morgan fingerprint density at radius 2 is 1.45 bits per heavy atom. The monoisotopic (exact) mass is 465 g/mol. The van der Waals surface area contributed by atoms with E-state index in [1.807, 2.05) is 4.57 Å². The Balaban J connectivity index is 0.000000320. The number of imidazole rings is 1. The number of ketones is 1. The SMILES string of the molecule is C.CC(=O)CNCCN1C(=O)NC(C)(C)C1=O.CC1(C)NC(=O)N(CCn2ccnc2)C1=O. The van der Waals surface area contributed by atoms with Crippen molar-refractivity contribution in [2.75, 3.05) is 26.2 Å². The summed E-state index contributed by atoms with van der Waals surface area (Å²) in [6, 6.07) is -0.699. The Morgan fingerprint density at radius 1 is 0.939 bits per heavy atom. The summed E-state index contributed by atoms with van der Waals surface area (Å²) in [5.74, 6) is -0.391. The molecule has 33 heavy (non-hydrogen) atoms. The van der Waals surface area contributed by atoms with Crippen molar-refractivity contribution < 1.29 is 24.0 Å². The molecule has 0 aliphatic carbocycles. The number of imide groups is 2. The molecule has 0 bridgehead atoms. The third kappa shape index (κ3) is 7.11. The van der Waals surface area contributed by atoms with Gasteiger partial charge in [0, 0.05) is 38.6 Å². The van der Waals surface area contributed by atoms with Gasteiger partial charge in [-0.2, -0.15) is 0 Å². The molecular formula is C21H35N7O5. The van der Waals surface area contributed by atoms with Gasteiger partial charge in [-0.05, 0) is 34.6 Å². The zero-order valence-electron chi connectivity index (χ0n) is 19.1. The van der Waals surface area contributed by atoms with E-state index in [1.165, 1.54) is 11.8 Å². The highest BCUT2D eigenvalue weighted by molar-refractivity contribution is 6.07. The van der Waals surface area contributed by atoms with Gasteiger partial charge in [0.15, 0.2) is 0 Å². The molecule has 0 saturated carbocycles. The van der Waals surface area contributed by atoms with Crippen LogP contribution in [0, 0.1) is 0 Å². The molecule has 1 aromatic rings. The number of hydrogen-bond acceptors (Lipinski definition) is 7. The number of nitrogens with one attached hydrogen (secondary N) is 3. The van der Waals surface area contributed by atoms with Crippen molar-refractivity contribution in [1.29, 1.82) is 0 Å². The van der Waals surface area contributed by atoms with Crippen molar-refractivity contribution in [2.24, 2.45) is 0 Å². The van der Waals surface area contributed by atoms with Crippen LogP contribution in [0.1, 0.15) is 42.0 Å². The van der Waals surface area contributed by atoms with Gasteiger partial charge in [0.2, 0.25) is 0 Å². The van der Waals surface area contributed by atoms with Crippen LogP contribution >= 0.6 is 0 Å². The summed E-state index contributed by atoms with van der Waals surface area (Å²) in [5, 5.41) is 8.08. The first-order valence-electron chi connectivity index (χ1n) is 10.3. The second kappa shape index (κ2) is 11.0. The third-order valence-electron chi connectivity index (χ3n) is 4.92. The van der Waals surface area contributed by atoms with E-state index in [4.69, 9.17) is 0 Å². The van der Waals surface area contributed by atoms with Gasteiger partial charge >= 0.3 is 12.1 Å². The van der Waals surface area contributed by atoms with Crippen molar-refractivity contribution in [1.82, 2.24) is 35.3 Å². The first-order valence-corrected chi connectivity index (χ1v) is 10.3. The summed E-state index contributed by atoms with van der Waals surface area (Å²) < 4.78 is 1.83. The van der Waals surface area contributed by atoms with Crippen molar-refractivity contribution in [3.63, 3.8) is 0 Å². The van der Waals surface area contributed by atoms with Gasteiger partial charge in [-0.25, -0.2) is 14.6 Å². The fraction of sp³-hybridized carbons (Fsp3) is 0.619. The van der Waals surface area contributed by atoms with Crippen LogP contribution in [0.15, 0.2) is 18.7 Å². The van der Waals surface area contributed by atoms with Crippen LogP contribution in [0.3, 0.4) is 0 Å². The molecule has 2 fully saturated rings. The van der Waals surface area contributed by atoms with Crippen molar-refractivity contribution in [3.05, 3.63) is 18.7 Å². The van der Waals surface area contributed by atoms with Crippen LogP contribution in [0.25, 0.3) is 0 Å². The summed E-state index contributed by atoms with van der Waals surface area (Å²) in [6.07, 6.45) is 5.11. The van der Waals surface area contributed by atoms with Gasteiger partial charge in [-0.15, -0.1) is 0 Å². The number of Topliss-reactive ketones (excluding diaryl/α,β-unsaturated/α-hetero) is 1. The predicted molar refractivity (Wildman–Crippen MR) is 121 cm³/mol. The number of amides is 6. The molecule has 12 nitrogen and oxygen atoms in total. The molecule has 0 spiro atoms. The minimum atomic E-state index is -0.822. The van der Waals surface area contributed by atoms with Crippen molar-refractivity contribution in [3.8, 4) is 0 Å². The zero-order valence-corrected chi connectivity index (χ0v) is 19.1. The minimum absolute atomic E-state index is 0. The summed E-state index contributed by atoms with van der Waals surface area (Å²) in [6.45, 7) is 10.1. The minimum Gasteiger partial charge on any atom is -0.336 e. The molecular weight excluding hydrogens is 430 g/mol. The molecule has 0 atom stereocenters. The molecule has 0 radical (unpaired) electrons. The third-order valence-corrected chi connectivity index (χ3v) is 4.92. The second-order valence-electron chi connectivity index (χ2n) is 8.70. The molecule has 12 heteroatoms. The zero-order chi connectivity index (χ0) is 24.1. The lowest BCUT2D eigenvalue weighted by Gasteiger charge is -2.15. The number of nitrogens with zero attached hydrogens (tertiary/aromatic N) is 4. The molecule has 3 N–H and O–H groups in total. The van der Waals surface area contributed by atoms with Crippen LogP contribution in [0.2, 0.25) is 0 Å². The molecule has 3 heterocycles. The summed E-state index contributed by atoms with van der Waals surface area (Å²) >= 11 is 0. The number of carbonyl (C=O) groups excluding carboxylic acids is 5. The lowest BCUT2D eigenvalue weighted by Crippen LogP contribution is -2.41. The van der Waals surface area contributed by atoms with E-state index in [2.05, 4.69) is 20.9 Å². The van der Waals surface area contributed by atoms with E-state index in [0.717, 1.165) is 4.90 Å². The van der Waals surface area contributed by atoms with E-state index in [-0.39, 0.29) is 50.2 Å². The average molecular weight is 466 g/mol. The van der Waals surface area contributed by atoms with Crippen molar-refractivity contribution >= 4 is 29.7 Å². The Kier molecular flexibility index (Phi) is 9.28. The highest BCUT2D eigenvalue weighted by atomic mass is 16.2. The highest BCUT2D eigenvalue weighted by Crippen LogP contribution is 2.16. The van der Waals surface area contributed by atoms with Crippen LogP contribution < -0.4 is 16.0 Å². The van der Waals surface area contributed by atoms with Gasteiger partial charge in [-0.3, -0.25) is 24.2 Å². The van der Waals surface area contributed by atoms with Gasteiger partial charge in [0.05, 0.1) is 12.9 Å². The number of carbonyl (C=O) groups is 5. The molecule has 184 valence electrons. The molecule has 2 aliphatic heterocycles. The van der Waals surface area contributed by atoms with E-state index in [0.29, 0.717) is 19.6 Å². The van der Waals surface area contributed by atoms with E-state index >= 15 is 0 Å². The lowest BCUT2D eigenvalue weighted by molar-refractivity contribution is -0.131. The molecule has 6 amide bonds. The Morgan fingerprint density at radius 3 is 1.85 bits per heavy atom. The largest absolute Gasteiger partial charge is 0.336 e. The van der Waals surface area contributed by atoms with E-state index in [1.54, 1.807) is 46.4 Å². The predicted octanol–water partition coefficient (Wildman–Crippen LogP) is 0.345. The highest BCUT2D eigenvalue weighted by Gasteiger charge is 2.44. The van der Waals surface area contributed by atoms with Gasteiger partial charge < -0.3 is 20.5 Å². The second-order valence-corrected chi connectivity index (χ2v) is 8.70. The Bertz CT molecular complexity index is 880. The number of aromatic nitrogens is 2. The fourth-order valence-corrected chi connectivity index (χ4v) is 3.13. The molecule has 0 unspecified atom stereocenters. The smallest absolute Gasteiger partial charge is 0.325 e. The van der Waals surface area contributed by atoms with Crippen LogP contribution in [0.5, 0.6) is 0 Å². The van der Waals surface area contributed by atoms with Crippen LogP contribution in [0.4, 0.5) is 9.59 Å². The van der Waals surface area contributed by atoms with Gasteiger partial charge in [0.25, 0.3) is 11.8 Å². The molecule has 2 aliphatic rings. The Labute approximate surface area is 194 Å². The average Bonchev–Trinajstić information content (AvgIpc) is 3.31. The molecule has 2 saturated heterocycles. The lowest BCUT2D eigenvalue weighted by atomic mass is 10.1. The molecule has 1 aromatic heterocycles. The number of hydrogen-bond donors (Lipinski definition) is 3. The first-order chi connectivity index (χ1) is 14.8. The standard InChI is InChI=1S/C10H14N4O2.C10H17N3O3.CH4/c1-10(2)8(15)14(9(16)12-10)6-5-13-4-3-11-7-13;1-7(14)6-11-4-5-13-8(15)10(2,3)12-9(13)16;/h3-4,7H,5-6H2,1-2H3,(H,12,16);11H,4-6H2,1-3H3,(H,12,16);1H4. The van der Waals surface area contributed by atoms with Crippen LogP contribution in [-0.4, -0.2) is 86.3 Å². The molecule has 3 rings (SSSR count). The van der Waals surface area contributed by atoms with Crippen LogP contribution in [-0.2, 0) is 20.9 Å². The summed E-state index contributed by atoms with van der Waals surface area (Å²) in [5.41, 5.74) is -1.61. The fourth-order valence-electron chi connectivity index (χ4n) is 3.13. The molecule has 0 aromatic carbocycles. The van der Waals surface area contributed by atoms with Gasteiger partial charge in [0.1, 0.15) is 16.9 Å². The first kappa shape index (κ1) is 27.8. The normalized spacial score (nSPS) is 18.3. The van der Waals surface area contributed by atoms with Gasteiger partial charge in [-0.1, -0.05) is 7.43 Å². The maximum Gasteiger partial charge on any atom is 0.325 e. The number of urea groups is 2. The maximum absolute atomic E-state index is 11.8. The Hall–Kier alpha value is -3.28. The van der Waals surface area contributed by atoms with Crippen molar-refractivity contribution in [2.45, 2.75) is 59.7 Å².